The predicted molar refractivity (Wildman–Crippen MR) is 57.0 cm³/mol. The highest BCUT2D eigenvalue weighted by molar-refractivity contribution is 6.02. The molecule has 2 amide bonds. The van der Waals surface area contributed by atoms with Gasteiger partial charge in [0.05, 0.1) is 0 Å². The van der Waals surface area contributed by atoms with Crippen LogP contribution in [-0.2, 0) is 19.1 Å². The van der Waals surface area contributed by atoms with E-state index < -0.39 is 12.2 Å². The summed E-state index contributed by atoms with van der Waals surface area (Å²) in [5.41, 5.74) is 0. The second-order valence-electron chi connectivity index (χ2n) is 5.01. The van der Waals surface area contributed by atoms with Crippen LogP contribution in [0.3, 0.4) is 0 Å². The zero-order valence-corrected chi connectivity index (χ0v) is 9.55. The van der Waals surface area contributed by atoms with Crippen LogP contribution in [0.5, 0.6) is 0 Å². The molecule has 3 aliphatic rings. The van der Waals surface area contributed by atoms with E-state index in [-0.39, 0.29) is 23.6 Å². The Kier molecular flexibility index (Phi) is 2.50. The smallest absolute Gasteiger partial charge is 0.258 e. The number of Topliss-reactive ketones (excluding diaryl/α,β-unsaturated/α-hetero) is 1. The number of imide groups is 1. The summed E-state index contributed by atoms with van der Waals surface area (Å²) < 4.78 is 5.36. The molecule has 1 aliphatic carbocycles. The molecule has 0 radical (unpaired) electrons. The van der Waals surface area contributed by atoms with Crippen molar-refractivity contribution in [3.8, 4) is 0 Å². The summed E-state index contributed by atoms with van der Waals surface area (Å²) >= 11 is 0. The number of nitrogens with zero attached hydrogens (tertiary/aromatic N) is 1. The van der Waals surface area contributed by atoms with Crippen molar-refractivity contribution < 1.29 is 19.1 Å². The average Bonchev–Trinajstić information content (AvgIpc) is 2.76. The second-order valence-corrected chi connectivity index (χ2v) is 5.01. The summed E-state index contributed by atoms with van der Waals surface area (Å²) in [5.74, 6) is -0.149. The lowest BCUT2D eigenvalue weighted by Gasteiger charge is -2.37. The molecule has 0 spiro atoms. The van der Waals surface area contributed by atoms with Crippen molar-refractivity contribution in [2.75, 3.05) is 0 Å². The van der Waals surface area contributed by atoms with E-state index in [1.807, 2.05) is 0 Å². The van der Waals surface area contributed by atoms with Crippen molar-refractivity contribution in [2.24, 2.45) is 0 Å². The summed E-state index contributed by atoms with van der Waals surface area (Å²) in [6.07, 6.45) is 2.67. The number of morpholine rings is 1. The molecule has 92 valence electrons. The number of amides is 2. The summed E-state index contributed by atoms with van der Waals surface area (Å²) in [7, 11) is 0. The average molecular weight is 237 g/mol. The fourth-order valence-electron chi connectivity index (χ4n) is 2.96. The lowest BCUT2D eigenvalue weighted by atomic mass is 9.92. The molecule has 2 saturated heterocycles. The van der Waals surface area contributed by atoms with E-state index in [0.717, 1.165) is 0 Å². The van der Waals surface area contributed by atoms with Gasteiger partial charge in [0.25, 0.3) is 11.8 Å². The number of carbonyl (C=O) groups excluding carboxylic acids is 3. The fraction of sp³-hybridized carbons (Fsp3) is 0.750. The quantitative estimate of drug-likeness (QED) is 0.620. The van der Waals surface area contributed by atoms with Gasteiger partial charge in [-0.15, -0.1) is 0 Å². The zero-order valence-electron chi connectivity index (χ0n) is 9.55. The van der Waals surface area contributed by atoms with Gasteiger partial charge in [0, 0.05) is 18.9 Å². The molecule has 0 aromatic heterocycles. The third kappa shape index (κ3) is 1.69. The predicted octanol–water partition coefficient (Wildman–Crippen LogP) is 0.414. The first-order chi connectivity index (χ1) is 8.16. The van der Waals surface area contributed by atoms with E-state index in [0.29, 0.717) is 38.5 Å². The lowest BCUT2D eigenvalue weighted by molar-refractivity contribution is -0.172. The van der Waals surface area contributed by atoms with Crippen LogP contribution in [0.25, 0.3) is 0 Å². The minimum absolute atomic E-state index is 0.0836. The Morgan fingerprint density at radius 2 is 1.41 bits per heavy atom. The van der Waals surface area contributed by atoms with Crippen LogP contribution in [0.15, 0.2) is 0 Å². The Balaban J connectivity index is 1.79. The first-order valence-electron chi connectivity index (χ1n) is 6.21. The first-order valence-corrected chi connectivity index (χ1v) is 6.21. The van der Waals surface area contributed by atoms with Crippen LogP contribution < -0.4 is 0 Å². The normalized spacial score (nSPS) is 34.6. The van der Waals surface area contributed by atoms with Gasteiger partial charge in [-0.25, -0.2) is 0 Å². The minimum atomic E-state index is -0.421. The molecular formula is C12H15NO4. The maximum Gasteiger partial charge on any atom is 0.258 e. The Hall–Kier alpha value is -1.23. The van der Waals surface area contributed by atoms with E-state index >= 15 is 0 Å². The first kappa shape index (κ1) is 10.9. The molecule has 5 heteroatoms. The van der Waals surface area contributed by atoms with Crippen LogP contribution in [0.2, 0.25) is 0 Å². The molecule has 2 bridgehead atoms. The van der Waals surface area contributed by atoms with Crippen LogP contribution in [0.1, 0.15) is 38.5 Å². The van der Waals surface area contributed by atoms with Crippen molar-refractivity contribution in [2.45, 2.75) is 56.8 Å². The second kappa shape index (κ2) is 3.91. The van der Waals surface area contributed by atoms with Crippen LogP contribution >= 0.6 is 0 Å². The van der Waals surface area contributed by atoms with Crippen LogP contribution in [0.4, 0.5) is 0 Å². The Morgan fingerprint density at radius 3 is 1.94 bits per heavy atom. The van der Waals surface area contributed by atoms with Gasteiger partial charge in [-0.1, -0.05) is 0 Å². The number of carbonyl (C=O) groups is 3. The Bertz CT molecular complexity index is 360. The molecule has 1 saturated carbocycles. The number of ketones is 1. The number of fused-ring (bicyclic) bond motifs is 2. The van der Waals surface area contributed by atoms with Gasteiger partial charge in [-0.05, 0) is 25.7 Å². The molecule has 2 heterocycles. The molecule has 3 fully saturated rings. The lowest BCUT2D eigenvalue weighted by Crippen LogP contribution is -2.56. The number of rotatable bonds is 1. The summed E-state index contributed by atoms with van der Waals surface area (Å²) in [4.78, 5) is 36.7. The highest BCUT2D eigenvalue weighted by atomic mass is 16.5. The fourth-order valence-corrected chi connectivity index (χ4v) is 2.96. The third-order valence-corrected chi connectivity index (χ3v) is 3.92. The van der Waals surface area contributed by atoms with Crippen molar-refractivity contribution in [1.29, 1.82) is 0 Å². The number of likely N-dealkylation sites (tertiary alicyclic amines) is 1. The van der Waals surface area contributed by atoms with Crippen molar-refractivity contribution >= 4 is 17.6 Å². The van der Waals surface area contributed by atoms with Gasteiger partial charge in [0.15, 0.2) is 0 Å². The third-order valence-electron chi connectivity index (χ3n) is 3.92. The summed E-state index contributed by atoms with van der Waals surface area (Å²) in [6.45, 7) is 0. The molecule has 2 aliphatic heterocycles. The van der Waals surface area contributed by atoms with Crippen molar-refractivity contribution in [3.63, 3.8) is 0 Å². The zero-order chi connectivity index (χ0) is 12.0. The summed E-state index contributed by atoms with van der Waals surface area (Å²) in [6, 6.07) is -0.0836. The number of hydrogen-bond donors (Lipinski definition) is 0. The van der Waals surface area contributed by atoms with Crippen LogP contribution in [-0.4, -0.2) is 40.7 Å². The Labute approximate surface area is 99.1 Å². The van der Waals surface area contributed by atoms with Crippen LogP contribution in [0, 0.1) is 0 Å². The molecule has 17 heavy (non-hydrogen) atoms. The number of ether oxygens (including phenoxy) is 1. The highest BCUT2D eigenvalue weighted by Crippen LogP contribution is 2.32. The molecule has 0 N–H and O–H groups in total. The molecule has 2 atom stereocenters. The van der Waals surface area contributed by atoms with E-state index in [4.69, 9.17) is 4.74 Å². The maximum atomic E-state index is 12.1. The van der Waals surface area contributed by atoms with Crippen molar-refractivity contribution in [3.05, 3.63) is 0 Å². The van der Waals surface area contributed by atoms with E-state index in [2.05, 4.69) is 0 Å². The SMILES string of the molecule is O=C1CCC(N2C(=O)C3CCC(O3)C2=O)CC1. The molecule has 0 aromatic rings. The number of hydrogen-bond acceptors (Lipinski definition) is 4. The van der Waals surface area contributed by atoms with Gasteiger partial charge in [-0.3, -0.25) is 19.3 Å². The largest absolute Gasteiger partial charge is 0.355 e. The Morgan fingerprint density at radius 1 is 0.882 bits per heavy atom. The van der Waals surface area contributed by atoms with E-state index in [1.54, 1.807) is 0 Å². The van der Waals surface area contributed by atoms with Gasteiger partial charge in [-0.2, -0.15) is 0 Å². The van der Waals surface area contributed by atoms with Gasteiger partial charge in [0.2, 0.25) is 0 Å². The van der Waals surface area contributed by atoms with Crippen molar-refractivity contribution in [1.82, 2.24) is 4.90 Å². The molecule has 5 nitrogen and oxygen atoms in total. The molecular weight excluding hydrogens is 222 g/mol. The van der Waals surface area contributed by atoms with E-state index in [9.17, 15) is 14.4 Å². The van der Waals surface area contributed by atoms with Gasteiger partial charge in [0.1, 0.15) is 18.0 Å². The van der Waals surface area contributed by atoms with E-state index in [1.165, 1.54) is 4.90 Å². The van der Waals surface area contributed by atoms with Gasteiger partial charge < -0.3 is 4.74 Å². The molecule has 2 unspecified atom stereocenters. The standard InChI is InChI=1S/C12H15NO4/c14-8-3-1-7(2-4-8)13-11(15)9-5-6-10(17-9)12(13)16/h7,9-10H,1-6H2. The topological polar surface area (TPSA) is 63.7 Å². The monoisotopic (exact) mass is 237 g/mol. The van der Waals surface area contributed by atoms with Gasteiger partial charge >= 0.3 is 0 Å². The maximum absolute atomic E-state index is 12.1. The minimum Gasteiger partial charge on any atom is -0.355 e. The summed E-state index contributed by atoms with van der Waals surface area (Å²) in [5, 5.41) is 0. The molecule has 3 rings (SSSR count). The highest BCUT2D eigenvalue weighted by Gasteiger charge is 2.48. The molecule has 0 aromatic carbocycles.